The molecule has 3 heterocycles. The number of thiophene rings is 1. The molecule has 0 spiro atoms. The van der Waals surface area contributed by atoms with Crippen LogP contribution in [0.3, 0.4) is 0 Å². The average molecular weight is 287 g/mol. The minimum atomic E-state index is -0.0299. The van der Waals surface area contributed by atoms with Gasteiger partial charge in [0.15, 0.2) is 0 Å². The van der Waals surface area contributed by atoms with Gasteiger partial charge in [-0.2, -0.15) is 0 Å². The van der Waals surface area contributed by atoms with E-state index >= 15 is 0 Å². The maximum absolute atomic E-state index is 12.4. The van der Waals surface area contributed by atoms with Gasteiger partial charge in [0, 0.05) is 6.07 Å². The number of pyridine rings is 1. The van der Waals surface area contributed by atoms with Gasteiger partial charge in [-0.1, -0.05) is 6.07 Å². The number of aromatic nitrogens is 3. The Labute approximate surface area is 119 Å². The first kappa shape index (κ1) is 12.8. The highest BCUT2D eigenvalue weighted by atomic mass is 32.1. The summed E-state index contributed by atoms with van der Waals surface area (Å²) < 4.78 is 7.34. The van der Waals surface area contributed by atoms with Gasteiger partial charge >= 0.3 is 0 Å². The molecule has 0 amide bonds. The molecule has 0 atom stereocenters. The van der Waals surface area contributed by atoms with Crippen LogP contribution in [-0.2, 0) is 6.54 Å². The summed E-state index contributed by atoms with van der Waals surface area (Å²) in [5.74, 6) is 0.538. The zero-order chi connectivity index (χ0) is 14.1. The molecule has 0 aromatic carbocycles. The molecule has 20 heavy (non-hydrogen) atoms. The van der Waals surface area contributed by atoms with Crippen LogP contribution < -0.4 is 10.3 Å². The summed E-state index contributed by atoms with van der Waals surface area (Å²) >= 11 is 1.43. The number of nitrogens with zero attached hydrogens (tertiary/aromatic N) is 3. The lowest BCUT2D eigenvalue weighted by Gasteiger charge is -2.06. The van der Waals surface area contributed by atoms with E-state index in [0.29, 0.717) is 17.1 Å². The van der Waals surface area contributed by atoms with Crippen LogP contribution >= 0.6 is 11.3 Å². The molecule has 5 nitrogen and oxygen atoms in total. The van der Waals surface area contributed by atoms with Gasteiger partial charge in [-0.15, -0.1) is 11.3 Å². The van der Waals surface area contributed by atoms with Crippen LogP contribution in [-0.4, -0.2) is 21.6 Å². The van der Waals surface area contributed by atoms with Crippen molar-refractivity contribution in [3.05, 3.63) is 51.5 Å². The topological polar surface area (TPSA) is 57.0 Å². The van der Waals surface area contributed by atoms with Crippen molar-refractivity contribution >= 4 is 21.6 Å². The van der Waals surface area contributed by atoms with Gasteiger partial charge < -0.3 is 4.74 Å². The molecule has 0 saturated carbocycles. The lowest BCUT2D eigenvalue weighted by Crippen LogP contribution is -2.20. The molecular weight excluding hydrogens is 274 g/mol. The quantitative estimate of drug-likeness (QED) is 0.741. The summed E-state index contributed by atoms with van der Waals surface area (Å²) in [6.45, 7) is 2.34. The van der Waals surface area contributed by atoms with E-state index in [2.05, 4.69) is 9.97 Å². The molecule has 0 bridgehead atoms. The highest BCUT2D eigenvalue weighted by Crippen LogP contribution is 2.19. The van der Waals surface area contributed by atoms with E-state index in [4.69, 9.17) is 4.74 Å². The first-order chi connectivity index (χ1) is 9.69. The van der Waals surface area contributed by atoms with Crippen molar-refractivity contribution in [2.75, 3.05) is 7.11 Å². The molecule has 0 saturated heterocycles. The first-order valence-corrected chi connectivity index (χ1v) is 7.00. The fourth-order valence-corrected chi connectivity index (χ4v) is 2.96. The third-order valence-electron chi connectivity index (χ3n) is 3.05. The second-order valence-corrected chi connectivity index (χ2v) is 5.33. The molecule has 0 aliphatic rings. The standard InChI is InChI=1S/C14H13N3O2S/c1-9-7-20-13-12(9)15-8-17(14(13)18)6-10-4-3-5-11(16-10)19-2/h3-5,7-8H,6H2,1-2H3. The van der Waals surface area contributed by atoms with Crippen molar-refractivity contribution in [3.8, 4) is 5.88 Å². The molecule has 0 aliphatic heterocycles. The lowest BCUT2D eigenvalue weighted by atomic mass is 10.3. The van der Waals surface area contributed by atoms with Crippen molar-refractivity contribution in [1.82, 2.24) is 14.5 Å². The van der Waals surface area contributed by atoms with Gasteiger partial charge in [-0.05, 0) is 23.9 Å². The fourth-order valence-electron chi connectivity index (χ4n) is 2.01. The number of ether oxygens (including phenoxy) is 1. The normalized spacial score (nSPS) is 10.9. The zero-order valence-corrected chi connectivity index (χ0v) is 12.0. The van der Waals surface area contributed by atoms with E-state index in [-0.39, 0.29) is 5.56 Å². The Kier molecular flexibility index (Phi) is 3.23. The van der Waals surface area contributed by atoms with E-state index in [1.165, 1.54) is 11.3 Å². The number of aryl methyl sites for hydroxylation is 1. The molecule has 102 valence electrons. The summed E-state index contributed by atoms with van der Waals surface area (Å²) in [6.07, 6.45) is 1.57. The minimum absolute atomic E-state index is 0.0299. The number of rotatable bonds is 3. The monoisotopic (exact) mass is 287 g/mol. The third kappa shape index (κ3) is 2.18. The molecule has 3 aromatic rings. The number of hydrogen-bond acceptors (Lipinski definition) is 5. The molecule has 0 aliphatic carbocycles. The summed E-state index contributed by atoms with van der Waals surface area (Å²) in [6, 6.07) is 5.49. The molecular formula is C14H13N3O2S. The second-order valence-electron chi connectivity index (χ2n) is 4.45. The SMILES string of the molecule is COc1cccc(Cn2cnc3c(C)csc3c2=O)n1. The van der Waals surface area contributed by atoms with Crippen LogP contribution in [0.2, 0.25) is 0 Å². The van der Waals surface area contributed by atoms with Crippen LogP contribution in [0.1, 0.15) is 11.3 Å². The Balaban J connectivity index is 2.02. The first-order valence-electron chi connectivity index (χ1n) is 6.12. The van der Waals surface area contributed by atoms with E-state index in [1.807, 2.05) is 24.4 Å². The van der Waals surface area contributed by atoms with Crippen molar-refractivity contribution in [2.45, 2.75) is 13.5 Å². The van der Waals surface area contributed by atoms with Crippen molar-refractivity contribution in [1.29, 1.82) is 0 Å². The zero-order valence-electron chi connectivity index (χ0n) is 11.2. The Morgan fingerprint density at radius 1 is 1.40 bits per heavy atom. The predicted octanol–water partition coefficient (Wildman–Crippen LogP) is 2.22. The van der Waals surface area contributed by atoms with Gasteiger partial charge in [0.25, 0.3) is 5.56 Å². The smallest absolute Gasteiger partial charge is 0.271 e. The highest BCUT2D eigenvalue weighted by Gasteiger charge is 2.09. The van der Waals surface area contributed by atoms with Crippen molar-refractivity contribution in [2.24, 2.45) is 0 Å². The Morgan fingerprint density at radius 3 is 3.05 bits per heavy atom. The van der Waals surface area contributed by atoms with Crippen molar-refractivity contribution in [3.63, 3.8) is 0 Å². The molecule has 0 unspecified atom stereocenters. The van der Waals surface area contributed by atoms with Gasteiger partial charge in [0.2, 0.25) is 5.88 Å². The van der Waals surface area contributed by atoms with Gasteiger partial charge in [-0.25, -0.2) is 9.97 Å². The molecule has 0 radical (unpaired) electrons. The summed E-state index contributed by atoms with van der Waals surface area (Å²) in [5, 5.41) is 1.95. The maximum Gasteiger partial charge on any atom is 0.271 e. The van der Waals surface area contributed by atoms with Gasteiger partial charge in [-0.3, -0.25) is 9.36 Å². The Bertz CT molecular complexity index is 823. The van der Waals surface area contributed by atoms with Gasteiger partial charge in [0.1, 0.15) is 4.70 Å². The summed E-state index contributed by atoms with van der Waals surface area (Å²) in [7, 11) is 1.57. The Hall–Kier alpha value is -2.21. The van der Waals surface area contributed by atoms with Crippen LogP contribution in [0, 0.1) is 6.92 Å². The van der Waals surface area contributed by atoms with Crippen LogP contribution in [0.5, 0.6) is 5.88 Å². The predicted molar refractivity (Wildman–Crippen MR) is 78.5 cm³/mol. The average Bonchev–Trinajstić information content (AvgIpc) is 2.84. The van der Waals surface area contributed by atoms with Crippen LogP contribution in [0.15, 0.2) is 34.7 Å². The third-order valence-corrected chi connectivity index (χ3v) is 4.12. The largest absolute Gasteiger partial charge is 0.481 e. The molecule has 3 rings (SSSR count). The highest BCUT2D eigenvalue weighted by molar-refractivity contribution is 7.17. The van der Waals surface area contributed by atoms with Gasteiger partial charge in [0.05, 0.1) is 31.2 Å². The lowest BCUT2D eigenvalue weighted by molar-refractivity contribution is 0.396. The van der Waals surface area contributed by atoms with Crippen LogP contribution in [0.4, 0.5) is 0 Å². The van der Waals surface area contributed by atoms with Crippen LogP contribution in [0.25, 0.3) is 10.2 Å². The maximum atomic E-state index is 12.4. The Morgan fingerprint density at radius 2 is 2.25 bits per heavy atom. The number of hydrogen-bond donors (Lipinski definition) is 0. The fraction of sp³-hybridized carbons (Fsp3) is 0.214. The number of methoxy groups -OCH3 is 1. The summed E-state index contributed by atoms with van der Waals surface area (Å²) in [5.41, 5.74) is 2.56. The molecule has 6 heteroatoms. The van der Waals surface area contributed by atoms with E-state index in [1.54, 1.807) is 24.1 Å². The number of fused-ring (bicyclic) bond motifs is 1. The van der Waals surface area contributed by atoms with E-state index < -0.39 is 0 Å². The van der Waals surface area contributed by atoms with E-state index in [9.17, 15) is 4.79 Å². The molecule has 0 fully saturated rings. The van der Waals surface area contributed by atoms with Crippen molar-refractivity contribution < 1.29 is 4.74 Å². The minimum Gasteiger partial charge on any atom is -0.481 e. The molecule has 0 N–H and O–H groups in total. The molecule has 3 aromatic heterocycles. The second kappa shape index (κ2) is 5.05. The van der Waals surface area contributed by atoms with E-state index in [0.717, 1.165) is 16.8 Å². The summed E-state index contributed by atoms with van der Waals surface area (Å²) in [4.78, 5) is 21.0.